The summed E-state index contributed by atoms with van der Waals surface area (Å²) in [5.41, 5.74) is 6.17. The molecule has 9 nitrogen and oxygen atoms in total. The van der Waals surface area contributed by atoms with Crippen LogP contribution in [0.25, 0.3) is 0 Å². The summed E-state index contributed by atoms with van der Waals surface area (Å²) in [7, 11) is 0. The maximum atomic E-state index is 12.0. The molecule has 2 aromatic rings. The van der Waals surface area contributed by atoms with Gasteiger partial charge in [0.25, 0.3) is 0 Å². The van der Waals surface area contributed by atoms with Gasteiger partial charge in [-0.05, 0) is 19.1 Å². The number of aliphatic hydroxyl groups excluding tert-OH is 1. The monoisotopic (exact) mass is 346 g/mol. The van der Waals surface area contributed by atoms with Crippen molar-refractivity contribution >= 4 is 11.9 Å². The van der Waals surface area contributed by atoms with Crippen molar-refractivity contribution in [1.29, 1.82) is 0 Å². The number of ether oxygens (including phenoxy) is 2. The number of esters is 1. The zero-order valence-electron chi connectivity index (χ0n) is 13.5. The number of nitrogen functional groups attached to an aromatic ring is 1. The Labute approximate surface area is 143 Å². The molecule has 2 heterocycles. The summed E-state index contributed by atoms with van der Waals surface area (Å²) in [6.45, 7) is 1.79. The predicted molar refractivity (Wildman–Crippen MR) is 86.7 cm³/mol. The van der Waals surface area contributed by atoms with Crippen LogP contribution in [0.15, 0.2) is 35.4 Å². The van der Waals surface area contributed by atoms with Gasteiger partial charge in [0.15, 0.2) is 0 Å². The SMILES string of the molecule is Cc1ccc(C(=O)OC[C@H]2O[C@@H](n3cnc(N)nc3=O)C[C@@H]2O)cc1. The van der Waals surface area contributed by atoms with E-state index in [0.717, 1.165) is 10.1 Å². The third-order valence-corrected chi connectivity index (χ3v) is 3.93. The average molecular weight is 346 g/mol. The Morgan fingerprint density at radius 1 is 1.44 bits per heavy atom. The summed E-state index contributed by atoms with van der Waals surface area (Å²) in [5.74, 6) is -0.643. The molecule has 1 aromatic heterocycles. The zero-order chi connectivity index (χ0) is 18.0. The molecule has 3 N–H and O–H groups in total. The van der Waals surface area contributed by atoms with E-state index in [1.165, 1.54) is 6.33 Å². The molecule has 3 atom stereocenters. The summed E-state index contributed by atoms with van der Waals surface area (Å²) in [5, 5.41) is 10.1. The van der Waals surface area contributed by atoms with Crippen molar-refractivity contribution in [2.75, 3.05) is 12.3 Å². The predicted octanol–water partition coefficient (Wildman–Crippen LogP) is 0.0343. The van der Waals surface area contributed by atoms with Gasteiger partial charge >= 0.3 is 11.7 Å². The molecule has 132 valence electrons. The highest BCUT2D eigenvalue weighted by Gasteiger charge is 2.36. The topological polar surface area (TPSA) is 130 Å². The minimum absolute atomic E-state index is 0.130. The Bertz CT molecular complexity index is 820. The standard InChI is InChI=1S/C16H18N4O5/c1-9-2-4-10(5-3-9)14(22)24-7-12-11(21)6-13(25-12)20-8-18-15(17)19-16(20)23/h2-5,8,11-13,21H,6-7H2,1H3,(H2,17,19,23)/t11-,12+,13+/m0/s1. The number of carbonyl (C=O) groups excluding carboxylic acids is 1. The highest BCUT2D eigenvalue weighted by molar-refractivity contribution is 5.89. The number of nitrogens with two attached hydrogens (primary N) is 1. The lowest BCUT2D eigenvalue weighted by molar-refractivity contribution is -0.0534. The van der Waals surface area contributed by atoms with Gasteiger partial charge in [0, 0.05) is 6.42 Å². The van der Waals surface area contributed by atoms with Gasteiger partial charge in [-0.1, -0.05) is 17.7 Å². The van der Waals surface area contributed by atoms with Crippen molar-refractivity contribution in [3.05, 3.63) is 52.2 Å². The lowest BCUT2D eigenvalue weighted by Crippen LogP contribution is -2.29. The van der Waals surface area contributed by atoms with Gasteiger partial charge in [-0.3, -0.25) is 4.57 Å². The summed E-state index contributed by atoms with van der Waals surface area (Å²) in [6.07, 6.45) is -1.02. The van der Waals surface area contributed by atoms with E-state index in [0.29, 0.717) is 5.56 Å². The Balaban J connectivity index is 1.61. The van der Waals surface area contributed by atoms with Crippen LogP contribution in [0.5, 0.6) is 0 Å². The molecule has 1 aliphatic heterocycles. The van der Waals surface area contributed by atoms with Gasteiger partial charge < -0.3 is 20.3 Å². The van der Waals surface area contributed by atoms with Gasteiger partial charge in [0.1, 0.15) is 25.3 Å². The van der Waals surface area contributed by atoms with E-state index in [-0.39, 0.29) is 19.0 Å². The lowest BCUT2D eigenvalue weighted by atomic mass is 10.1. The fourth-order valence-electron chi connectivity index (χ4n) is 2.52. The Morgan fingerprint density at radius 2 is 2.16 bits per heavy atom. The van der Waals surface area contributed by atoms with Crippen LogP contribution in [0.1, 0.15) is 28.6 Å². The second-order valence-electron chi connectivity index (χ2n) is 5.80. The number of benzene rings is 1. The molecule has 0 bridgehead atoms. The molecule has 0 saturated carbocycles. The maximum Gasteiger partial charge on any atom is 0.354 e. The van der Waals surface area contributed by atoms with Gasteiger partial charge in [-0.25, -0.2) is 14.6 Å². The third-order valence-electron chi connectivity index (χ3n) is 3.93. The number of hydrogen-bond donors (Lipinski definition) is 2. The van der Waals surface area contributed by atoms with Crippen molar-refractivity contribution in [2.45, 2.75) is 31.8 Å². The number of anilines is 1. The number of nitrogens with zero attached hydrogens (tertiary/aromatic N) is 3. The smallest absolute Gasteiger partial charge is 0.354 e. The molecule has 25 heavy (non-hydrogen) atoms. The average Bonchev–Trinajstić information content (AvgIpc) is 2.94. The Hall–Kier alpha value is -2.78. The van der Waals surface area contributed by atoms with Crippen LogP contribution in [0.4, 0.5) is 5.95 Å². The lowest BCUT2D eigenvalue weighted by Gasteiger charge is -2.16. The van der Waals surface area contributed by atoms with Gasteiger partial charge in [0.2, 0.25) is 5.95 Å². The minimum Gasteiger partial charge on any atom is -0.459 e. The van der Waals surface area contributed by atoms with Crippen LogP contribution < -0.4 is 11.4 Å². The molecule has 1 aliphatic rings. The van der Waals surface area contributed by atoms with Gasteiger partial charge in [-0.2, -0.15) is 4.98 Å². The Kier molecular flexibility index (Phi) is 4.77. The van der Waals surface area contributed by atoms with E-state index in [4.69, 9.17) is 15.2 Å². The molecular formula is C16H18N4O5. The second-order valence-corrected chi connectivity index (χ2v) is 5.80. The van der Waals surface area contributed by atoms with Crippen molar-refractivity contribution < 1.29 is 19.4 Å². The minimum atomic E-state index is -0.889. The molecule has 0 radical (unpaired) electrons. The number of carbonyl (C=O) groups is 1. The second kappa shape index (κ2) is 6.99. The van der Waals surface area contributed by atoms with Crippen LogP contribution in [0, 0.1) is 6.92 Å². The fraction of sp³-hybridized carbons (Fsp3) is 0.375. The molecule has 1 fully saturated rings. The first-order valence-corrected chi connectivity index (χ1v) is 7.72. The number of aryl methyl sites for hydroxylation is 1. The van der Waals surface area contributed by atoms with Crippen molar-refractivity contribution in [2.24, 2.45) is 0 Å². The van der Waals surface area contributed by atoms with Crippen LogP contribution in [-0.2, 0) is 9.47 Å². The van der Waals surface area contributed by atoms with E-state index in [1.54, 1.807) is 24.3 Å². The first-order chi connectivity index (χ1) is 11.9. The third kappa shape index (κ3) is 3.83. The molecule has 9 heteroatoms. The highest BCUT2D eigenvalue weighted by Crippen LogP contribution is 2.27. The van der Waals surface area contributed by atoms with Crippen molar-refractivity contribution in [3.63, 3.8) is 0 Å². The van der Waals surface area contributed by atoms with E-state index < -0.39 is 30.1 Å². The van der Waals surface area contributed by atoms with Gasteiger partial charge in [-0.15, -0.1) is 0 Å². The molecule has 0 spiro atoms. The first kappa shape index (κ1) is 17.1. The first-order valence-electron chi connectivity index (χ1n) is 7.72. The van der Waals surface area contributed by atoms with Crippen LogP contribution >= 0.6 is 0 Å². The molecular weight excluding hydrogens is 328 g/mol. The summed E-state index contributed by atoms with van der Waals surface area (Å²) < 4.78 is 11.9. The van der Waals surface area contributed by atoms with Crippen LogP contribution in [0.3, 0.4) is 0 Å². The van der Waals surface area contributed by atoms with E-state index in [1.807, 2.05) is 6.92 Å². The largest absolute Gasteiger partial charge is 0.459 e. The Morgan fingerprint density at radius 3 is 2.84 bits per heavy atom. The number of hydrogen-bond acceptors (Lipinski definition) is 8. The maximum absolute atomic E-state index is 12.0. The van der Waals surface area contributed by atoms with Crippen LogP contribution in [-0.4, -0.2) is 44.4 Å². The summed E-state index contributed by atoms with van der Waals surface area (Å²) in [6, 6.07) is 6.94. The number of aliphatic hydroxyl groups is 1. The highest BCUT2D eigenvalue weighted by atomic mass is 16.6. The molecule has 3 rings (SSSR count). The van der Waals surface area contributed by atoms with Crippen LogP contribution in [0.2, 0.25) is 0 Å². The fourth-order valence-corrected chi connectivity index (χ4v) is 2.52. The van der Waals surface area contributed by atoms with Gasteiger partial charge in [0.05, 0.1) is 11.7 Å². The molecule has 0 amide bonds. The summed E-state index contributed by atoms with van der Waals surface area (Å²) in [4.78, 5) is 31.1. The van der Waals surface area contributed by atoms with E-state index in [9.17, 15) is 14.7 Å². The quantitative estimate of drug-likeness (QED) is 0.742. The normalized spacial score (nSPS) is 22.7. The molecule has 0 unspecified atom stereocenters. The molecule has 1 saturated heterocycles. The van der Waals surface area contributed by atoms with E-state index in [2.05, 4.69) is 9.97 Å². The molecule has 1 aromatic carbocycles. The van der Waals surface area contributed by atoms with E-state index >= 15 is 0 Å². The van der Waals surface area contributed by atoms with Crippen molar-refractivity contribution in [3.8, 4) is 0 Å². The molecule has 0 aliphatic carbocycles. The number of rotatable bonds is 4. The van der Waals surface area contributed by atoms with Crippen molar-refractivity contribution in [1.82, 2.24) is 14.5 Å². The zero-order valence-corrected chi connectivity index (χ0v) is 13.5. The summed E-state index contributed by atoms with van der Waals surface area (Å²) >= 11 is 0. The number of aromatic nitrogens is 3.